The Hall–Kier alpha value is -3.33. The van der Waals surface area contributed by atoms with E-state index >= 15 is 0 Å². The predicted molar refractivity (Wildman–Crippen MR) is 95.1 cm³/mol. The molecule has 0 unspecified atom stereocenters. The summed E-state index contributed by atoms with van der Waals surface area (Å²) in [6, 6.07) is 5.04. The second-order valence-electron chi connectivity index (χ2n) is 5.38. The molecule has 1 aliphatic rings. The first-order valence-corrected chi connectivity index (χ1v) is 7.89. The molecule has 0 aliphatic carbocycles. The summed E-state index contributed by atoms with van der Waals surface area (Å²) in [4.78, 5) is 32.1. The fourth-order valence-electron chi connectivity index (χ4n) is 2.19. The lowest BCUT2D eigenvalue weighted by Gasteiger charge is -2.12. The van der Waals surface area contributed by atoms with Crippen molar-refractivity contribution in [2.45, 2.75) is 13.8 Å². The number of nitrogens with one attached hydrogen (secondary N) is 1. The van der Waals surface area contributed by atoms with E-state index < -0.39 is 5.91 Å². The third kappa shape index (κ3) is 3.52. The molecule has 0 bridgehead atoms. The molecule has 0 radical (unpaired) electrons. The van der Waals surface area contributed by atoms with Gasteiger partial charge in [-0.25, -0.2) is 4.99 Å². The zero-order valence-corrected chi connectivity index (χ0v) is 14.4. The van der Waals surface area contributed by atoms with Crippen molar-refractivity contribution in [3.63, 3.8) is 0 Å². The molecule has 134 valence electrons. The largest absolute Gasteiger partial charge is 0.463 e. The van der Waals surface area contributed by atoms with Crippen molar-refractivity contribution in [2.75, 3.05) is 18.5 Å². The number of carbonyl (C=O) groups excluding carboxylic acids is 2. The van der Waals surface area contributed by atoms with Crippen LogP contribution in [0.25, 0.3) is 11.5 Å². The van der Waals surface area contributed by atoms with Gasteiger partial charge in [0.1, 0.15) is 18.1 Å². The number of rotatable bonds is 5. The number of carbonyl (C=O) groups is 2. The molecule has 0 saturated heterocycles. The van der Waals surface area contributed by atoms with E-state index in [-0.39, 0.29) is 29.9 Å². The minimum atomic E-state index is -0.505. The summed E-state index contributed by atoms with van der Waals surface area (Å²) in [5, 5.41) is 7.03. The number of amides is 2. The molecule has 26 heavy (non-hydrogen) atoms. The van der Waals surface area contributed by atoms with Crippen molar-refractivity contribution < 1.29 is 18.7 Å². The summed E-state index contributed by atoms with van der Waals surface area (Å²) in [6.07, 6.45) is 1.51. The fourth-order valence-corrected chi connectivity index (χ4v) is 2.19. The average molecular weight is 355 g/mol. The highest BCUT2D eigenvalue weighted by Gasteiger charge is 2.22. The lowest BCUT2D eigenvalue weighted by molar-refractivity contribution is -0.120. The van der Waals surface area contributed by atoms with Gasteiger partial charge in [0.25, 0.3) is 17.8 Å². The van der Waals surface area contributed by atoms with Crippen LogP contribution in [0.3, 0.4) is 0 Å². The van der Waals surface area contributed by atoms with Crippen LogP contribution in [0.2, 0.25) is 0 Å². The molecule has 1 N–H and O–H groups in total. The maximum atomic E-state index is 12.0. The summed E-state index contributed by atoms with van der Waals surface area (Å²) in [6.45, 7) is 7.38. The van der Waals surface area contributed by atoms with Crippen LogP contribution in [0.1, 0.15) is 13.8 Å². The summed E-state index contributed by atoms with van der Waals surface area (Å²) in [7, 11) is 0. The Morgan fingerprint density at radius 3 is 2.88 bits per heavy atom. The molecule has 1 aliphatic heterocycles. The Labute approximate surface area is 149 Å². The average Bonchev–Trinajstić information content (AvgIpc) is 3.27. The molecule has 3 rings (SSSR count). The minimum absolute atomic E-state index is 0.0319. The van der Waals surface area contributed by atoms with Gasteiger partial charge in [-0.15, -0.1) is 0 Å². The topological polar surface area (TPSA) is 111 Å². The van der Waals surface area contributed by atoms with E-state index in [1.54, 1.807) is 32.0 Å². The molecule has 2 aromatic heterocycles. The Bertz CT molecular complexity index is 921. The van der Waals surface area contributed by atoms with Crippen LogP contribution in [-0.2, 0) is 14.3 Å². The molecular weight excluding hydrogens is 338 g/mol. The number of anilines is 1. The van der Waals surface area contributed by atoms with Crippen molar-refractivity contribution in [2.24, 2.45) is 9.98 Å². The van der Waals surface area contributed by atoms with Crippen LogP contribution in [0.4, 0.5) is 5.82 Å². The smallest absolute Gasteiger partial charge is 0.281 e. The third-order valence-electron chi connectivity index (χ3n) is 3.54. The lowest BCUT2D eigenvalue weighted by atomic mass is 10.2. The van der Waals surface area contributed by atoms with E-state index in [0.29, 0.717) is 23.8 Å². The number of nitrogens with zero attached hydrogens (tertiary/aromatic N) is 4. The summed E-state index contributed by atoms with van der Waals surface area (Å²) < 4.78 is 11.7. The number of hydrogen-bond donors (Lipinski definition) is 1. The highest BCUT2D eigenvalue weighted by molar-refractivity contribution is 6.27. The van der Waals surface area contributed by atoms with Gasteiger partial charge in [0.05, 0.1) is 17.5 Å². The van der Waals surface area contributed by atoms with Gasteiger partial charge in [-0.1, -0.05) is 6.58 Å². The monoisotopic (exact) mass is 355 g/mol. The Balaban J connectivity index is 2.00. The van der Waals surface area contributed by atoms with Gasteiger partial charge >= 0.3 is 0 Å². The van der Waals surface area contributed by atoms with Crippen molar-refractivity contribution in [1.82, 2.24) is 9.78 Å². The molecule has 2 amide bonds. The van der Waals surface area contributed by atoms with Crippen LogP contribution in [0.5, 0.6) is 0 Å². The first-order chi connectivity index (χ1) is 12.5. The highest BCUT2D eigenvalue weighted by atomic mass is 16.5. The van der Waals surface area contributed by atoms with Gasteiger partial charge < -0.3 is 14.5 Å². The Kier molecular flexibility index (Phi) is 4.90. The highest BCUT2D eigenvalue weighted by Crippen LogP contribution is 2.23. The summed E-state index contributed by atoms with van der Waals surface area (Å²) in [5.41, 5.74) is 1.10. The third-order valence-corrected chi connectivity index (χ3v) is 3.54. The van der Waals surface area contributed by atoms with Gasteiger partial charge in [-0.05, 0) is 26.0 Å². The van der Waals surface area contributed by atoms with E-state index in [0.717, 1.165) is 0 Å². The van der Waals surface area contributed by atoms with Crippen molar-refractivity contribution >= 4 is 29.3 Å². The lowest BCUT2D eigenvalue weighted by Crippen LogP contribution is -2.26. The van der Waals surface area contributed by atoms with Crippen molar-refractivity contribution in [3.05, 3.63) is 36.6 Å². The first kappa shape index (κ1) is 17.5. The number of aromatic nitrogens is 2. The van der Waals surface area contributed by atoms with Gasteiger partial charge in [0, 0.05) is 12.7 Å². The van der Waals surface area contributed by atoms with E-state index in [2.05, 4.69) is 27.0 Å². The first-order valence-electron chi connectivity index (χ1n) is 7.89. The van der Waals surface area contributed by atoms with Gasteiger partial charge in [0.15, 0.2) is 5.76 Å². The van der Waals surface area contributed by atoms with Gasteiger partial charge in [-0.2, -0.15) is 14.8 Å². The van der Waals surface area contributed by atoms with E-state index in [1.807, 2.05) is 0 Å². The van der Waals surface area contributed by atoms with Crippen LogP contribution < -0.4 is 5.32 Å². The molecule has 2 aromatic rings. The number of hydrogen-bond acceptors (Lipinski definition) is 6. The summed E-state index contributed by atoms with van der Waals surface area (Å²) >= 11 is 0. The molecule has 0 spiro atoms. The molecule has 3 heterocycles. The predicted octanol–water partition coefficient (Wildman–Crippen LogP) is 1.88. The molecule has 0 atom stereocenters. The molecular formula is C17H17N5O4. The normalized spacial score (nSPS) is 14.2. The zero-order chi connectivity index (χ0) is 18.7. The maximum absolute atomic E-state index is 12.0. The molecule has 9 nitrogen and oxygen atoms in total. The van der Waals surface area contributed by atoms with Crippen molar-refractivity contribution in [1.29, 1.82) is 0 Å². The standard InChI is InChI=1S/C17H17N5O4/c1-4-25-9-15(23)19-14-8-12(13-6-5-7-26-13)21-22(14)17-18-11(3)10(2)16(24)20-17/h5-8H,2,4,9H2,1,3H3,(H,19,23). The second-order valence-corrected chi connectivity index (χ2v) is 5.38. The van der Waals surface area contributed by atoms with Crippen LogP contribution in [0, 0.1) is 0 Å². The van der Waals surface area contributed by atoms with E-state index in [1.165, 1.54) is 10.9 Å². The van der Waals surface area contributed by atoms with Gasteiger partial charge in [0.2, 0.25) is 0 Å². The maximum Gasteiger partial charge on any atom is 0.281 e. The molecule has 0 saturated carbocycles. The van der Waals surface area contributed by atoms with E-state index in [9.17, 15) is 9.59 Å². The Morgan fingerprint density at radius 2 is 2.23 bits per heavy atom. The molecule has 0 fully saturated rings. The Morgan fingerprint density at radius 1 is 1.42 bits per heavy atom. The van der Waals surface area contributed by atoms with Crippen LogP contribution in [-0.4, -0.2) is 46.5 Å². The number of aliphatic imine (C=N–C) groups is 2. The fraction of sp³-hybridized carbons (Fsp3) is 0.235. The van der Waals surface area contributed by atoms with E-state index in [4.69, 9.17) is 9.15 Å². The number of furan rings is 1. The summed E-state index contributed by atoms with van der Waals surface area (Å²) in [5.74, 6) is -0.0565. The SMILES string of the molecule is C=C1C(=O)N=C(n2nc(-c3ccco3)cc2NC(=O)COCC)N=C1C. The molecule has 9 heteroatoms. The van der Waals surface area contributed by atoms with Crippen molar-refractivity contribution in [3.8, 4) is 11.5 Å². The molecule has 0 aromatic carbocycles. The zero-order valence-electron chi connectivity index (χ0n) is 14.4. The van der Waals surface area contributed by atoms with Crippen LogP contribution in [0.15, 0.2) is 51.0 Å². The van der Waals surface area contributed by atoms with Crippen LogP contribution >= 0.6 is 0 Å². The quantitative estimate of drug-likeness (QED) is 0.823. The second kappa shape index (κ2) is 7.28. The number of ether oxygens (including phenoxy) is 1. The minimum Gasteiger partial charge on any atom is -0.463 e. The van der Waals surface area contributed by atoms with Gasteiger partial charge in [-0.3, -0.25) is 9.59 Å².